The molecule has 8 heteroatoms. The zero-order valence-corrected chi connectivity index (χ0v) is 16.4. The third kappa shape index (κ3) is 3.26. The van der Waals surface area contributed by atoms with E-state index in [0.29, 0.717) is 18.3 Å². The Morgan fingerprint density at radius 3 is 2.66 bits per heavy atom. The van der Waals surface area contributed by atoms with E-state index in [0.717, 1.165) is 41.7 Å². The maximum atomic E-state index is 5.43. The molecule has 1 aliphatic heterocycles. The van der Waals surface area contributed by atoms with Gasteiger partial charge in [-0.3, -0.25) is 0 Å². The second kappa shape index (κ2) is 7.12. The van der Waals surface area contributed by atoms with Gasteiger partial charge in [0, 0.05) is 36.3 Å². The molecule has 0 bridgehead atoms. The molecule has 146 valence electrons. The monoisotopic (exact) mass is 387 g/mol. The number of pyridine rings is 1. The highest BCUT2D eigenvalue weighted by molar-refractivity contribution is 5.59. The molecule has 3 aromatic heterocycles. The third-order valence-electron chi connectivity index (χ3n) is 5.06. The minimum atomic E-state index is 0.223. The Labute approximate surface area is 168 Å². The highest BCUT2D eigenvalue weighted by Gasteiger charge is 2.23. The van der Waals surface area contributed by atoms with Crippen LogP contribution in [0.2, 0.25) is 0 Å². The molecule has 29 heavy (non-hydrogen) atoms. The molecule has 0 atom stereocenters. The van der Waals surface area contributed by atoms with Gasteiger partial charge in [-0.2, -0.15) is 4.98 Å². The summed E-state index contributed by atoms with van der Waals surface area (Å²) < 4.78 is 7.61. The molecule has 0 saturated heterocycles. The van der Waals surface area contributed by atoms with Crippen molar-refractivity contribution in [3.63, 3.8) is 0 Å². The number of fused-ring (bicyclic) bond motifs is 1. The number of anilines is 1. The lowest BCUT2D eigenvalue weighted by molar-refractivity contribution is 0.419. The number of rotatable bonds is 4. The smallest absolute Gasteiger partial charge is 0.258 e. The van der Waals surface area contributed by atoms with E-state index >= 15 is 0 Å². The van der Waals surface area contributed by atoms with Crippen LogP contribution in [0.1, 0.15) is 31.4 Å². The maximum Gasteiger partial charge on any atom is 0.258 e. The molecule has 0 spiro atoms. The van der Waals surface area contributed by atoms with E-state index in [4.69, 9.17) is 4.52 Å². The van der Waals surface area contributed by atoms with Crippen molar-refractivity contribution in [2.75, 3.05) is 11.4 Å². The Bertz CT molecular complexity index is 1130. The first-order valence-electron chi connectivity index (χ1n) is 9.71. The van der Waals surface area contributed by atoms with Crippen LogP contribution in [-0.2, 0) is 13.1 Å². The standard InChI is InChI=1S/C21H21N7O/c1-14(2)19-23-21(29-26-19)16-8-9-22-17(12-16)27-10-11-28-18(13-27)24-25-20(28)15-6-4-3-5-7-15/h3-9,12,14H,10-11,13H2,1-2H3. The quantitative estimate of drug-likeness (QED) is 0.529. The molecule has 0 amide bonds. The minimum absolute atomic E-state index is 0.223. The molecule has 8 nitrogen and oxygen atoms in total. The summed E-state index contributed by atoms with van der Waals surface area (Å²) in [6, 6.07) is 14.0. The zero-order valence-electron chi connectivity index (χ0n) is 16.4. The van der Waals surface area contributed by atoms with Crippen molar-refractivity contribution in [3.8, 4) is 22.8 Å². The van der Waals surface area contributed by atoms with Gasteiger partial charge in [0.25, 0.3) is 5.89 Å². The Morgan fingerprint density at radius 2 is 1.86 bits per heavy atom. The van der Waals surface area contributed by atoms with Gasteiger partial charge in [0.2, 0.25) is 0 Å². The normalized spacial score (nSPS) is 13.7. The van der Waals surface area contributed by atoms with Gasteiger partial charge in [0.1, 0.15) is 5.82 Å². The molecule has 0 aliphatic carbocycles. The molecule has 5 rings (SSSR count). The van der Waals surface area contributed by atoms with E-state index in [1.807, 2.05) is 44.2 Å². The fourth-order valence-electron chi connectivity index (χ4n) is 3.47. The minimum Gasteiger partial charge on any atom is -0.347 e. The van der Waals surface area contributed by atoms with Crippen molar-refractivity contribution in [2.45, 2.75) is 32.9 Å². The van der Waals surface area contributed by atoms with Gasteiger partial charge in [-0.1, -0.05) is 49.3 Å². The molecule has 0 N–H and O–H groups in total. The van der Waals surface area contributed by atoms with Crippen LogP contribution in [0.4, 0.5) is 5.82 Å². The van der Waals surface area contributed by atoms with Crippen LogP contribution < -0.4 is 4.90 Å². The summed E-state index contributed by atoms with van der Waals surface area (Å²) in [7, 11) is 0. The van der Waals surface area contributed by atoms with Crippen LogP contribution in [-0.4, -0.2) is 36.4 Å². The van der Waals surface area contributed by atoms with E-state index in [1.165, 1.54) is 0 Å². The molecule has 4 aromatic rings. The van der Waals surface area contributed by atoms with Crippen LogP contribution >= 0.6 is 0 Å². The molecule has 4 heterocycles. The summed E-state index contributed by atoms with van der Waals surface area (Å²) in [5.74, 6) is 4.15. The van der Waals surface area contributed by atoms with Crippen LogP contribution in [0.25, 0.3) is 22.8 Å². The van der Waals surface area contributed by atoms with E-state index in [1.54, 1.807) is 6.20 Å². The van der Waals surface area contributed by atoms with E-state index in [-0.39, 0.29) is 5.92 Å². The molecular formula is C21H21N7O. The molecule has 0 fully saturated rings. The second-order valence-electron chi connectivity index (χ2n) is 7.39. The third-order valence-corrected chi connectivity index (χ3v) is 5.06. The van der Waals surface area contributed by atoms with Crippen molar-refractivity contribution < 1.29 is 4.52 Å². The fraction of sp³-hybridized carbons (Fsp3) is 0.286. The lowest BCUT2D eigenvalue weighted by atomic mass is 10.2. The first-order valence-corrected chi connectivity index (χ1v) is 9.71. The molecule has 1 aliphatic rings. The Morgan fingerprint density at radius 1 is 1.00 bits per heavy atom. The van der Waals surface area contributed by atoms with Gasteiger partial charge >= 0.3 is 0 Å². The van der Waals surface area contributed by atoms with Gasteiger partial charge < -0.3 is 14.0 Å². The van der Waals surface area contributed by atoms with E-state index < -0.39 is 0 Å². The van der Waals surface area contributed by atoms with Gasteiger partial charge in [0.05, 0.1) is 6.54 Å². The number of benzene rings is 1. The van der Waals surface area contributed by atoms with Crippen LogP contribution in [0.3, 0.4) is 0 Å². The first-order chi connectivity index (χ1) is 14.2. The van der Waals surface area contributed by atoms with Crippen molar-refractivity contribution in [2.24, 2.45) is 0 Å². The Balaban J connectivity index is 1.40. The summed E-state index contributed by atoms with van der Waals surface area (Å²) in [4.78, 5) is 11.2. The van der Waals surface area contributed by atoms with Crippen molar-refractivity contribution in [3.05, 3.63) is 60.3 Å². The van der Waals surface area contributed by atoms with E-state index in [9.17, 15) is 0 Å². The number of hydrogen-bond donors (Lipinski definition) is 0. The largest absolute Gasteiger partial charge is 0.347 e. The van der Waals surface area contributed by atoms with Gasteiger partial charge in [-0.05, 0) is 12.1 Å². The summed E-state index contributed by atoms with van der Waals surface area (Å²) >= 11 is 0. The van der Waals surface area contributed by atoms with Crippen LogP contribution in [0.5, 0.6) is 0 Å². The molecule has 0 radical (unpaired) electrons. The first kappa shape index (κ1) is 17.5. The predicted octanol–water partition coefficient (Wildman–Crippen LogP) is 3.53. The average Bonchev–Trinajstić information content (AvgIpc) is 3.42. The maximum absolute atomic E-state index is 5.43. The summed E-state index contributed by atoms with van der Waals surface area (Å²) in [6.45, 7) is 6.36. The Kier molecular flexibility index (Phi) is 4.31. The van der Waals surface area contributed by atoms with Gasteiger partial charge in [0.15, 0.2) is 17.5 Å². The predicted molar refractivity (Wildman–Crippen MR) is 108 cm³/mol. The average molecular weight is 387 g/mol. The number of nitrogens with zero attached hydrogens (tertiary/aromatic N) is 7. The summed E-state index contributed by atoms with van der Waals surface area (Å²) in [6.07, 6.45) is 1.78. The molecular weight excluding hydrogens is 366 g/mol. The second-order valence-corrected chi connectivity index (χ2v) is 7.39. The highest BCUT2D eigenvalue weighted by atomic mass is 16.5. The molecule has 1 aromatic carbocycles. The van der Waals surface area contributed by atoms with E-state index in [2.05, 4.69) is 46.9 Å². The zero-order chi connectivity index (χ0) is 19.8. The fourth-order valence-corrected chi connectivity index (χ4v) is 3.47. The summed E-state index contributed by atoms with van der Waals surface area (Å²) in [5.41, 5.74) is 1.95. The van der Waals surface area contributed by atoms with Crippen LogP contribution in [0, 0.1) is 0 Å². The van der Waals surface area contributed by atoms with Gasteiger partial charge in [-0.15, -0.1) is 10.2 Å². The lowest BCUT2D eigenvalue weighted by Crippen LogP contribution is -2.34. The highest BCUT2D eigenvalue weighted by Crippen LogP contribution is 2.27. The topological polar surface area (TPSA) is 85.8 Å². The van der Waals surface area contributed by atoms with Crippen molar-refractivity contribution in [1.29, 1.82) is 0 Å². The molecule has 0 unspecified atom stereocenters. The van der Waals surface area contributed by atoms with Crippen LogP contribution in [0.15, 0.2) is 53.2 Å². The van der Waals surface area contributed by atoms with Crippen molar-refractivity contribution in [1.82, 2.24) is 29.9 Å². The molecule has 0 saturated carbocycles. The Hall–Kier alpha value is -3.55. The summed E-state index contributed by atoms with van der Waals surface area (Å²) in [5, 5.41) is 12.9. The van der Waals surface area contributed by atoms with Gasteiger partial charge in [-0.25, -0.2) is 4.98 Å². The SMILES string of the molecule is CC(C)c1noc(-c2ccnc(N3CCn4c(nnc4-c4ccccc4)C3)c2)n1. The lowest BCUT2D eigenvalue weighted by Gasteiger charge is -2.28. The number of aromatic nitrogens is 6. The van der Waals surface area contributed by atoms with Crippen molar-refractivity contribution >= 4 is 5.82 Å². The number of hydrogen-bond acceptors (Lipinski definition) is 7.